The van der Waals surface area contributed by atoms with Crippen LogP contribution in [0.15, 0.2) is 22.5 Å². The Bertz CT molecular complexity index is 465. The number of aromatic hydroxyl groups is 1. The Kier molecular flexibility index (Phi) is 3.17. The lowest BCUT2D eigenvalue weighted by Crippen LogP contribution is -1.89. The van der Waals surface area contributed by atoms with E-state index < -0.39 is 0 Å². The van der Waals surface area contributed by atoms with Gasteiger partial charge in [-0.05, 0) is 24.1 Å². The van der Waals surface area contributed by atoms with Gasteiger partial charge >= 0.3 is 0 Å². The largest absolute Gasteiger partial charge is 0.508 e. The second-order valence-corrected chi connectivity index (χ2v) is 6.13. The molecule has 0 aliphatic heterocycles. The molecule has 4 heteroatoms. The minimum absolute atomic E-state index is 0.312. The molecule has 1 aromatic heterocycles. The summed E-state index contributed by atoms with van der Waals surface area (Å²) in [5.41, 5.74) is 0.976. The van der Waals surface area contributed by atoms with Crippen LogP contribution in [-0.2, 0) is 0 Å². The van der Waals surface area contributed by atoms with Crippen LogP contribution in [0.25, 0.3) is 10.2 Å². The maximum Gasteiger partial charge on any atom is 0.151 e. The number of hydrogen-bond acceptors (Lipinski definition) is 4. The van der Waals surface area contributed by atoms with E-state index in [1.165, 1.54) is 0 Å². The highest BCUT2D eigenvalue weighted by Gasteiger charge is 2.05. The van der Waals surface area contributed by atoms with Crippen molar-refractivity contribution in [3.05, 3.63) is 18.2 Å². The van der Waals surface area contributed by atoms with Crippen molar-refractivity contribution >= 4 is 33.3 Å². The summed E-state index contributed by atoms with van der Waals surface area (Å²) in [5, 5.41) is 9.33. The number of phenols is 1. The Morgan fingerprint density at radius 3 is 3.00 bits per heavy atom. The van der Waals surface area contributed by atoms with Gasteiger partial charge in [-0.1, -0.05) is 25.6 Å². The number of benzene rings is 1. The normalized spacial score (nSPS) is 11.4. The Hall–Kier alpha value is -0.740. The van der Waals surface area contributed by atoms with Gasteiger partial charge in [-0.15, -0.1) is 11.3 Å². The molecule has 0 saturated carbocycles. The van der Waals surface area contributed by atoms with E-state index >= 15 is 0 Å². The highest BCUT2D eigenvalue weighted by molar-refractivity contribution is 8.01. The minimum atomic E-state index is 0.312. The van der Waals surface area contributed by atoms with E-state index in [1.54, 1.807) is 35.2 Å². The minimum Gasteiger partial charge on any atom is -0.508 e. The lowest BCUT2D eigenvalue weighted by molar-refractivity contribution is 0.476. The zero-order valence-electron chi connectivity index (χ0n) is 8.73. The van der Waals surface area contributed by atoms with Crippen molar-refractivity contribution in [2.45, 2.75) is 18.2 Å². The molecule has 0 atom stereocenters. The van der Waals surface area contributed by atoms with E-state index in [-0.39, 0.29) is 0 Å². The van der Waals surface area contributed by atoms with Crippen LogP contribution in [0.3, 0.4) is 0 Å². The van der Waals surface area contributed by atoms with Gasteiger partial charge in [0.1, 0.15) is 5.75 Å². The SMILES string of the molecule is CC(C)CSc1nc2ccc(O)cc2s1. The van der Waals surface area contributed by atoms with Crippen LogP contribution in [0, 0.1) is 5.92 Å². The van der Waals surface area contributed by atoms with Crippen molar-refractivity contribution < 1.29 is 5.11 Å². The molecule has 0 bridgehead atoms. The molecule has 0 amide bonds. The third-order valence-corrected chi connectivity index (χ3v) is 4.48. The number of phenolic OH excluding ortho intramolecular Hbond substituents is 1. The Morgan fingerprint density at radius 1 is 1.47 bits per heavy atom. The molecular weight excluding hydrogens is 226 g/mol. The molecule has 0 unspecified atom stereocenters. The first-order valence-corrected chi connectivity index (χ1v) is 6.67. The topological polar surface area (TPSA) is 33.1 Å². The number of thiazole rings is 1. The van der Waals surface area contributed by atoms with Gasteiger partial charge < -0.3 is 5.11 Å². The van der Waals surface area contributed by atoms with Crippen molar-refractivity contribution in [1.29, 1.82) is 0 Å². The molecule has 2 rings (SSSR count). The van der Waals surface area contributed by atoms with Gasteiger partial charge in [0.15, 0.2) is 4.34 Å². The predicted molar refractivity (Wildman–Crippen MR) is 66.8 cm³/mol. The van der Waals surface area contributed by atoms with Crippen LogP contribution in [0.4, 0.5) is 0 Å². The van der Waals surface area contributed by atoms with Gasteiger partial charge in [0.25, 0.3) is 0 Å². The molecule has 1 aromatic carbocycles. The number of nitrogens with zero attached hydrogens (tertiary/aromatic N) is 1. The lowest BCUT2D eigenvalue weighted by atomic mass is 10.3. The van der Waals surface area contributed by atoms with E-state index in [4.69, 9.17) is 0 Å². The molecule has 0 radical (unpaired) electrons. The summed E-state index contributed by atoms with van der Waals surface area (Å²) in [4.78, 5) is 4.50. The van der Waals surface area contributed by atoms with Crippen molar-refractivity contribution in [2.75, 3.05) is 5.75 Å². The summed E-state index contributed by atoms with van der Waals surface area (Å²) in [6.45, 7) is 4.40. The molecule has 0 aliphatic carbocycles. The first-order chi connectivity index (χ1) is 7.15. The van der Waals surface area contributed by atoms with Crippen LogP contribution >= 0.6 is 23.1 Å². The molecule has 2 nitrogen and oxygen atoms in total. The number of rotatable bonds is 3. The van der Waals surface area contributed by atoms with E-state index in [0.29, 0.717) is 11.7 Å². The molecular formula is C11H13NOS2. The molecule has 1 heterocycles. The van der Waals surface area contributed by atoms with E-state index in [0.717, 1.165) is 20.3 Å². The molecule has 2 aromatic rings. The standard InChI is InChI=1S/C11H13NOS2/c1-7(2)6-14-11-12-9-4-3-8(13)5-10(9)15-11/h3-5,7,13H,6H2,1-2H3. The van der Waals surface area contributed by atoms with E-state index in [1.807, 2.05) is 6.07 Å². The van der Waals surface area contributed by atoms with Crippen molar-refractivity contribution in [1.82, 2.24) is 4.98 Å². The monoisotopic (exact) mass is 239 g/mol. The second kappa shape index (κ2) is 4.41. The Balaban J connectivity index is 2.23. The number of aromatic nitrogens is 1. The fraction of sp³-hybridized carbons (Fsp3) is 0.364. The van der Waals surface area contributed by atoms with Gasteiger partial charge in [-0.2, -0.15) is 0 Å². The summed E-state index contributed by atoms with van der Waals surface area (Å²) in [6.07, 6.45) is 0. The van der Waals surface area contributed by atoms with Gasteiger partial charge in [0, 0.05) is 5.75 Å². The molecule has 80 valence electrons. The van der Waals surface area contributed by atoms with Crippen LogP contribution in [0.1, 0.15) is 13.8 Å². The highest BCUT2D eigenvalue weighted by atomic mass is 32.2. The van der Waals surface area contributed by atoms with Crippen LogP contribution in [0.2, 0.25) is 0 Å². The van der Waals surface area contributed by atoms with Crippen LogP contribution in [0.5, 0.6) is 5.75 Å². The Labute approximate surface area is 97.4 Å². The van der Waals surface area contributed by atoms with E-state index in [9.17, 15) is 5.11 Å². The fourth-order valence-electron chi connectivity index (χ4n) is 1.19. The predicted octanol–water partition coefficient (Wildman–Crippen LogP) is 3.75. The van der Waals surface area contributed by atoms with Gasteiger partial charge in [0.2, 0.25) is 0 Å². The maximum atomic E-state index is 9.33. The third kappa shape index (κ3) is 2.63. The first-order valence-electron chi connectivity index (χ1n) is 4.87. The summed E-state index contributed by atoms with van der Waals surface area (Å²) in [5.74, 6) is 2.08. The lowest BCUT2D eigenvalue weighted by Gasteiger charge is -1.99. The van der Waals surface area contributed by atoms with Gasteiger partial charge in [-0.25, -0.2) is 4.98 Å². The zero-order valence-corrected chi connectivity index (χ0v) is 10.4. The molecule has 1 N–H and O–H groups in total. The molecule has 0 aliphatic rings. The molecule has 0 fully saturated rings. The molecule has 15 heavy (non-hydrogen) atoms. The van der Waals surface area contributed by atoms with Gasteiger partial charge in [0.05, 0.1) is 10.2 Å². The average Bonchev–Trinajstić information content (AvgIpc) is 2.56. The maximum absolute atomic E-state index is 9.33. The number of hydrogen-bond donors (Lipinski definition) is 1. The summed E-state index contributed by atoms with van der Waals surface area (Å²) in [6, 6.07) is 5.31. The van der Waals surface area contributed by atoms with Crippen molar-refractivity contribution in [3.8, 4) is 5.75 Å². The Morgan fingerprint density at radius 2 is 2.27 bits per heavy atom. The zero-order chi connectivity index (χ0) is 10.8. The second-order valence-electron chi connectivity index (χ2n) is 3.84. The number of thioether (sulfide) groups is 1. The van der Waals surface area contributed by atoms with Crippen LogP contribution in [-0.4, -0.2) is 15.8 Å². The van der Waals surface area contributed by atoms with Crippen molar-refractivity contribution in [3.63, 3.8) is 0 Å². The average molecular weight is 239 g/mol. The fourth-order valence-corrected chi connectivity index (χ4v) is 3.27. The van der Waals surface area contributed by atoms with Crippen LogP contribution < -0.4 is 0 Å². The smallest absolute Gasteiger partial charge is 0.151 e. The molecule has 0 spiro atoms. The van der Waals surface area contributed by atoms with Gasteiger partial charge in [-0.3, -0.25) is 0 Å². The number of fused-ring (bicyclic) bond motifs is 1. The summed E-state index contributed by atoms with van der Waals surface area (Å²) < 4.78 is 2.14. The van der Waals surface area contributed by atoms with Crippen molar-refractivity contribution in [2.24, 2.45) is 5.92 Å². The summed E-state index contributed by atoms with van der Waals surface area (Å²) >= 11 is 3.43. The first kappa shape index (κ1) is 10.8. The molecule has 0 saturated heterocycles. The quantitative estimate of drug-likeness (QED) is 0.828. The third-order valence-electron chi connectivity index (χ3n) is 1.89. The van der Waals surface area contributed by atoms with E-state index in [2.05, 4.69) is 18.8 Å². The summed E-state index contributed by atoms with van der Waals surface area (Å²) in [7, 11) is 0. The highest BCUT2D eigenvalue weighted by Crippen LogP contribution is 2.32.